The maximum atomic E-state index is 4.99. The Bertz CT molecular complexity index is 63.4. The third kappa shape index (κ3) is 9.75. The lowest BCUT2D eigenvalue weighted by Gasteiger charge is -1.95. The summed E-state index contributed by atoms with van der Waals surface area (Å²) in [5, 5.41) is 0. The number of hydrogen-bond acceptors (Lipinski definition) is 1. The minimum absolute atomic E-state index is 0. The molecule has 0 aromatic rings. The van der Waals surface area contributed by atoms with Crippen molar-refractivity contribution in [1.29, 1.82) is 0 Å². The van der Waals surface area contributed by atoms with E-state index in [0.29, 0.717) is 15.1 Å². The molecule has 0 bridgehead atoms. The Morgan fingerprint density at radius 3 is 2.50 bits per heavy atom. The van der Waals surface area contributed by atoms with Crippen LogP contribution in [0.5, 0.6) is 0 Å². The minimum atomic E-state index is 0. The molecule has 0 spiro atoms. The van der Waals surface area contributed by atoms with Gasteiger partial charge in [-0.25, -0.2) is 0 Å². The minimum Gasteiger partial charge on any atom is -0.354 e. The predicted octanol–water partition coefficient (Wildman–Crippen LogP) is 2.60. The molecule has 0 aliphatic rings. The molecule has 0 saturated carbocycles. The molecule has 0 fully saturated rings. The van der Waals surface area contributed by atoms with E-state index in [1.54, 1.807) is 0 Å². The summed E-state index contributed by atoms with van der Waals surface area (Å²) in [6, 6.07) is 0. The molecule has 0 amide bonds. The normalized spacial score (nSPS) is 9.25. The van der Waals surface area contributed by atoms with Crippen molar-refractivity contribution in [3.05, 3.63) is 12.2 Å². The zero-order valence-electron chi connectivity index (χ0n) is 4.40. The first-order valence-electron chi connectivity index (χ1n) is 1.99. The Labute approximate surface area is 55.9 Å². The largest absolute Gasteiger partial charge is 0.354 e. The van der Waals surface area contributed by atoms with E-state index >= 15 is 0 Å². The fourth-order valence-electron chi connectivity index (χ4n) is 0.165. The highest BCUT2D eigenvalue weighted by molar-refractivity contribution is 8.00. The van der Waals surface area contributed by atoms with Crippen LogP contribution >= 0.6 is 17.4 Å². The van der Waals surface area contributed by atoms with Crippen LogP contribution in [0.3, 0.4) is 0 Å². The number of rotatable bonds is 3. The fraction of sp³-hybridized carbons (Fsp3) is 0.600. The van der Waals surface area contributed by atoms with Crippen molar-refractivity contribution in [2.45, 2.75) is 14.4 Å². The highest BCUT2D eigenvalue weighted by Gasteiger charge is 1.79. The van der Waals surface area contributed by atoms with Crippen molar-refractivity contribution >= 4 is 17.4 Å². The second-order valence-electron chi connectivity index (χ2n) is 1.36. The Morgan fingerprint density at radius 1 is 1.88 bits per heavy atom. The van der Waals surface area contributed by atoms with Crippen LogP contribution in [0.4, 0.5) is 0 Å². The van der Waals surface area contributed by atoms with Gasteiger partial charge >= 0.3 is 0 Å². The predicted molar refractivity (Wildman–Crippen MR) is 45.5 cm³/mol. The standard InChI is InChI=1S/C4H10OP2.CH4/c1-4(2)3-5-7-6;/h7H,1,3,6H2,2H3;1H4. The second-order valence-corrected chi connectivity index (χ2v) is 2.60. The Morgan fingerprint density at radius 2 is 2.38 bits per heavy atom. The van der Waals surface area contributed by atoms with E-state index in [9.17, 15) is 0 Å². The van der Waals surface area contributed by atoms with E-state index in [4.69, 9.17) is 4.52 Å². The molecule has 2 atom stereocenters. The van der Waals surface area contributed by atoms with E-state index < -0.39 is 0 Å². The van der Waals surface area contributed by atoms with Gasteiger partial charge < -0.3 is 4.52 Å². The molecular weight excluding hydrogens is 138 g/mol. The average Bonchev–Trinajstić information content (AvgIpc) is 1.61. The van der Waals surface area contributed by atoms with Gasteiger partial charge in [-0.2, -0.15) is 0 Å². The molecule has 0 N–H and O–H groups in total. The molecule has 2 unspecified atom stereocenters. The summed E-state index contributed by atoms with van der Waals surface area (Å²) >= 11 is 0. The SMILES string of the molecule is C.C=C(C)COPP. The summed E-state index contributed by atoms with van der Waals surface area (Å²) in [6.45, 7) is 6.31. The molecule has 0 aromatic carbocycles. The summed E-state index contributed by atoms with van der Waals surface area (Å²) in [7, 11) is 3.02. The number of hydrogen-bond donors (Lipinski definition) is 0. The Balaban J connectivity index is 0. The third-order valence-corrected chi connectivity index (χ3v) is 1.21. The van der Waals surface area contributed by atoms with Gasteiger partial charge in [-0.05, 0) is 6.92 Å². The molecule has 8 heavy (non-hydrogen) atoms. The maximum Gasteiger partial charge on any atom is 0.0715 e. The van der Waals surface area contributed by atoms with Crippen LogP contribution in [0.2, 0.25) is 0 Å². The van der Waals surface area contributed by atoms with Gasteiger partial charge in [-0.1, -0.05) is 28.5 Å². The highest BCUT2D eigenvalue weighted by atomic mass is 32.0. The molecular formula is C5H14OP2. The summed E-state index contributed by atoms with van der Waals surface area (Å²) in [4.78, 5) is 0. The van der Waals surface area contributed by atoms with Crippen molar-refractivity contribution in [3.63, 3.8) is 0 Å². The Hall–Kier alpha value is 0.560. The van der Waals surface area contributed by atoms with Crippen molar-refractivity contribution in [3.8, 4) is 0 Å². The van der Waals surface area contributed by atoms with E-state index in [1.807, 2.05) is 6.92 Å². The third-order valence-electron chi connectivity index (χ3n) is 0.402. The summed E-state index contributed by atoms with van der Waals surface area (Å²) < 4.78 is 4.99. The summed E-state index contributed by atoms with van der Waals surface area (Å²) in [6.07, 6.45) is 0. The quantitative estimate of drug-likeness (QED) is 0.446. The summed E-state index contributed by atoms with van der Waals surface area (Å²) in [5.74, 6) is 0. The van der Waals surface area contributed by atoms with Crippen molar-refractivity contribution in [2.24, 2.45) is 0 Å². The lowest BCUT2D eigenvalue weighted by Crippen LogP contribution is -1.81. The second kappa shape index (κ2) is 7.56. The van der Waals surface area contributed by atoms with Crippen molar-refractivity contribution < 1.29 is 4.52 Å². The van der Waals surface area contributed by atoms with Gasteiger partial charge in [0.05, 0.1) is 6.61 Å². The Kier molecular flexibility index (Phi) is 10.7. The van der Waals surface area contributed by atoms with Crippen molar-refractivity contribution in [2.75, 3.05) is 6.61 Å². The molecule has 0 radical (unpaired) electrons. The monoisotopic (exact) mass is 152 g/mol. The van der Waals surface area contributed by atoms with E-state index in [0.717, 1.165) is 5.57 Å². The average molecular weight is 152 g/mol. The van der Waals surface area contributed by atoms with Gasteiger partial charge in [0.1, 0.15) is 0 Å². The van der Waals surface area contributed by atoms with E-state index in [-0.39, 0.29) is 7.43 Å². The van der Waals surface area contributed by atoms with Gasteiger partial charge in [0, 0.05) is 8.50 Å². The molecule has 0 aliphatic heterocycles. The molecule has 50 valence electrons. The van der Waals surface area contributed by atoms with Crippen LogP contribution in [0.1, 0.15) is 14.4 Å². The van der Waals surface area contributed by atoms with Gasteiger partial charge in [-0.3, -0.25) is 0 Å². The first-order chi connectivity index (χ1) is 3.27. The van der Waals surface area contributed by atoms with Crippen LogP contribution in [-0.4, -0.2) is 6.61 Å². The van der Waals surface area contributed by atoms with Crippen LogP contribution in [0.15, 0.2) is 12.2 Å². The zero-order chi connectivity index (χ0) is 5.70. The molecule has 0 heterocycles. The van der Waals surface area contributed by atoms with Crippen LogP contribution in [0, 0.1) is 0 Å². The van der Waals surface area contributed by atoms with Gasteiger partial charge in [0.15, 0.2) is 0 Å². The van der Waals surface area contributed by atoms with Crippen LogP contribution in [0.25, 0.3) is 0 Å². The van der Waals surface area contributed by atoms with Gasteiger partial charge in [0.2, 0.25) is 0 Å². The van der Waals surface area contributed by atoms with E-state index in [2.05, 4.69) is 15.5 Å². The first-order valence-corrected chi connectivity index (χ1v) is 4.71. The maximum absolute atomic E-state index is 4.99. The zero-order valence-corrected chi connectivity index (χ0v) is 6.55. The lowest BCUT2D eigenvalue weighted by atomic mass is 10.4. The first kappa shape index (κ1) is 11.4. The molecule has 3 heteroatoms. The summed E-state index contributed by atoms with van der Waals surface area (Å²) in [5.41, 5.74) is 1.08. The molecule has 0 aliphatic carbocycles. The van der Waals surface area contributed by atoms with Gasteiger partial charge in [0.25, 0.3) is 0 Å². The molecule has 0 aromatic heterocycles. The smallest absolute Gasteiger partial charge is 0.0715 e. The van der Waals surface area contributed by atoms with Crippen molar-refractivity contribution in [1.82, 2.24) is 0 Å². The van der Waals surface area contributed by atoms with Gasteiger partial charge in [-0.15, -0.1) is 0 Å². The lowest BCUT2D eigenvalue weighted by molar-refractivity contribution is 0.411. The van der Waals surface area contributed by atoms with Crippen LogP contribution in [-0.2, 0) is 4.52 Å². The fourth-order valence-corrected chi connectivity index (χ4v) is 0.745. The molecule has 0 rings (SSSR count). The van der Waals surface area contributed by atoms with E-state index in [1.165, 1.54) is 0 Å². The highest BCUT2D eigenvalue weighted by Crippen LogP contribution is 2.21. The van der Waals surface area contributed by atoms with Crippen LogP contribution < -0.4 is 0 Å². The topological polar surface area (TPSA) is 9.23 Å². The molecule has 1 nitrogen and oxygen atoms in total. The molecule has 0 saturated heterocycles.